The van der Waals surface area contributed by atoms with E-state index in [-0.39, 0.29) is 0 Å². The molecule has 1 rings (SSSR count). The lowest BCUT2D eigenvalue weighted by atomic mass is 10.1. The van der Waals surface area contributed by atoms with Crippen molar-refractivity contribution in [3.05, 3.63) is 12.2 Å². The van der Waals surface area contributed by atoms with E-state index in [0.717, 1.165) is 0 Å². The highest BCUT2D eigenvalue weighted by atomic mass is 16.5. The Bertz CT molecular complexity index is 140. The molecular formula is C12H22O. The van der Waals surface area contributed by atoms with Crippen molar-refractivity contribution in [3.63, 3.8) is 0 Å². The minimum absolute atomic E-state index is 0.373. The van der Waals surface area contributed by atoms with Gasteiger partial charge in [-0.25, -0.2) is 0 Å². The van der Waals surface area contributed by atoms with Crippen LogP contribution in [0.4, 0.5) is 0 Å². The Labute approximate surface area is 82.2 Å². The fourth-order valence-corrected chi connectivity index (χ4v) is 1.86. The highest BCUT2D eigenvalue weighted by molar-refractivity contribution is 4.89. The molecule has 0 aromatic heterocycles. The minimum atomic E-state index is 0.373. The fraction of sp³-hybridized carbons (Fsp3) is 0.833. The van der Waals surface area contributed by atoms with Crippen LogP contribution in [0.1, 0.15) is 51.4 Å². The lowest BCUT2D eigenvalue weighted by molar-refractivity contribution is 0.131. The zero-order chi connectivity index (χ0) is 9.36. The number of hydrogen-bond donors (Lipinski definition) is 0. The van der Waals surface area contributed by atoms with E-state index >= 15 is 0 Å². The van der Waals surface area contributed by atoms with E-state index in [1.54, 1.807) is 0 Å². The summed E-state index contributed by atoms with van der Waals surface area (Å²) in [5.41, 5.74) is 0. The predicted molar refractivity (Wildman–Crippen MR) is 56.9 cm³/mol. The van der Waals surface area contributed by atoms with Crippen LogP contribution in [0.2, 0.25) is 0 Å². The van der Waals surface area contributed by atoms with Gasteiger partial charge < -0.3 is 4.74 Å². The second kappa shape index (κ2) is 7.14. The molecule has 1 heteroatoms. The number of methoxy groups -OCH3 is 1. The Morgan fingerprint density at radius 2 is 1.69 bits per heavy atom. The number of ether oxygens (including phenoxy) is 1. The largest absolute Gasteiger partial charge is 0.377 e. The van der Waals surface area contributed by atoms with Crippen LogP contribution in [0.15, 0.2) is 12.2 Å². The molecule has 0 aromatic rings. The van der Waals surface area contributed by atoms with Crippen LogP contribution in [0, 0.1) is 0 Å². The van der Waals surface area contributed by atoms with Gasteiger partial charge in [-0.2, -0.15) is 0 Å². The van der Waals surface area contributed by atoms with Crippen LogP contribution in [-0.2, 0) is 4.74 Å². The first-order chi connectivity index (χ1) is 6.43. The first-order valence-electron chi connectivity index (χ1n) is 5.63. The van der Waals surface area contributed by atoms with Crippen LogP contribution in [-0.4, -0.2) is 13.2 Å². The van der Waals surface area contributed by atoms with E-state index in [0.29, 0.717) is 6.10 Å². The monoisotopic (exact) mass is 182 g/mol. The molecule has 0 fully saturated rings. The molecule has 76 valence electrons. The summed E-state index contributed by atoms with van der Waals surface area (Å²) < 4.78 is 5.38. The quantitative estimate of drug-likeness (QED) is 0.562. The van der Waals surface area contributed by atoms with Crippen LogP contribution in [0.5, 0.6) is 0 Å². The van der Waals surface area contributed by atoms with Gasteiger partial charge in [0.1, 0.15) is 0 Å². The summed E-state index contributed by atoms with van der Waals surface area (Å²) in [7, 11) is 1.81. The maximum atomic E-state index is 5.38. The molecule has 0 aliphatic heterocycles. The summed E-state index contributed by atoms with van der Waals surface area (Å²) in [5, 5.41) is 0. The van der Waals surface area contributed by atoms with Crippen molar-refractivity contribution in [3.8, 4) is 0 Å². The van der Waals surface area contributed by atoms with Gasteiger partial charge in [-0.3, -0.25) is 0 Å². The molecule has 0 spiro atoms. The Morgan fingerprint density at radius 1 is 1.00 bits per heavy atom. The van der Waals surface area contributed by atoms with E-state index in [1.165, 1.54) is 51.4 Å². The van der Waals surface area contributed by atoms with Gasteiger partial charge in [0.15, 0.2) is 0 Å². The second-order valence-corrected chi connectivity index (χ2v) is 3.90. The Hall–Kier alpha value is -0.300. The minimum Gasteiger partial charge on any atom is -0.377 e. The molecule has 0 heterocycles. The average molecular weight is 182 g/mol. The van der Waals surface area contributed by atoms with Crippen LogP contribution < -0.4 is 0 Å². The molecule has 13 heavy (non-hydrogen) atoms. The summed E-state index contributed by atoms with van der Waals surface area (Å²) in [5.74, 6) is 0. The van der Waals surface area contributed by atoms with Gasteiger partial charge >= 0.3 is 0 Å². The third-order valence-electron chi connectivity index (χ3n) is 2.76. The normalized spacial score (nSPS) is 29.2. The molecule has 0 radical (unpaired) electrons. The highest BCUT2D eigenvalue weighted by Gasteiger charge is 2.02. The first-order valence-corrected chi connectivity index (χ1v) is 5.63. The summed E-state index contributed by atoms with van der Waals surface area (Å²) in [6.45, 7) is 0. The Morgan fingerprint density at radius 3 is 2.46 bits per heavy atom. The molecule has 0 aromatic carbocycles. The van der Waals surface area contributed by atoms with Gasteiger partial charge in [-0.1, -0.05) is 44.3 Å². The van der Waals surface area contributed by atoms with Crippen molar-refractivity contribution >= 4 is 0 Å². The Kier molecular flexibility index (Phi) is 5.92. The van der Waals surface area contributed by atoms with Gasteiger partial charge in [0, 0.05) is 7.11 Å². The van der Waals surface area contributed by atoms with Crippen LogP contribution in [0.3, 0.4) is 0 Å². The van der Waals surface area contributed by atoms with Gasteiger partial charge in [-0.05, 0) is 19.3 Å². The molecule has 1 nitrogen and oxygen atoms in total. The van der Waals surface area contributed by atoms with Gasteiger partial charge in [0.2, 0.25) is 0 Å². The van der Waals surface area contributed by atoms with Crippen LogP contribution in [0.25, 0.3) is 0 Å². The number of allylic oxidation sites excluding steroid dienone is 1. The zero-order valence-corrected chi connectivity index (χ0v) is 8.80. The topological polar surface area (TPSA) is 9.23 Å². The summed E-state index contributed by atoms with van der Waals surface area (Å²) in [4.78, 5) is 0. The zero-order valence-electron chi connectivity index (χ0n) is 8.80. The molecule has 1 aliphatic rings. The summed E-state index contributed by atoms with van der Waals surface area (Å²) in [6, 6.07) is 0. The van der Waals surface area contributed by atoms with Crippen LogP contribution >= 0.6 is 0 Å². The van der Waals surface area contributed by atoms with Gasteiger partial charge in [0.25, 0.3) is 0 Å². The first kappa shape index (κ1) is 10.8. The van der Waals surface area contributed by atoms with E-state index in [9.17, 15) is 0 Å². The van der Waals surface area contributed by atoms with Gasteiger partial charge in [0.05, 0.1) is 6.10 Å². The molecule has 1 unspecified atom stereocenters. The standard InChI is InChI=1S/C12H22O/c1-13-12-10-8-6-4-2-3-5-7-9-11-12/h8,10,12H,2-7,9,11H2,1H3/b10-8+. The molecule has 0 bridgehead atoms. The van der Waals surface area contributed by atoms with Crippen molar-refractivity contribution in [2.45, 2.75) is 57.5 Å². The SMILES string of the molecule is COC1/C=C/CCCCCCCC1. The van der Waals surface area contributed by atoms with Gasteiger partial charge in [-0.15, -0.1) is 0 Å². The third-order valence-corrected chi connectivity index (χ3v) is 2.76. The van der Waals surface area contributed by atoms with Crippen molar-refractivity contribution < 1.29 is 4.74 Å². The fourth-order valence-electron chi connectivity index (χ4n) is 1.86. The smallest absolute Gasteiger partial charge is 0.0752 e. The maximum Gasteiger partial charge on any atom is 0.0752 e. The third kappa shape index (κ3) is 5.09. The van der Waals surface area contributed by atoms with Crippen molar-refractivity contribution in [2.24, 2.45) is 0 Å². The molecule has 0 saturated carbocycles. The lowest BCUT2D eigenvalue weighted by Crippen LogP contribution is -2.06. The van der Waals surface area contributed by atoms with E-state index in [4.69, 9.17) is 4.74 Å². The molecule has 1 aliphatic carbocycles. The molecule has 0 N–H and O–H groups in total. The molecular weight excluding hydrogens is 160 g/mol. The van der Waals surface area contributed by atoms with E-state index in [2.05, 4.69) is 12.2 Å². The number of hydrogen-bond acceptors (Lipinski definition) is 1. The molecule has 0 amide bonds. The maximum absolute atomic E-state index is 5.38. The van der Waals surface area contributed by atoms with Crippen molar-refractivity contribution in [1.29, 1.82) is 0 Å². The van der Waals surface area contributed by atoms with E-state index in [1.807, 2.05) is 7.11 Å². The van der Waals surface area contributed by atoms with E-state index < -0.39 is 0 Å². The predicted octanol–water partition coefficient (Wildman–Crippen LogP) is 3.69. The molecule has 1 atom stereocenters. The average Bonchev–Trinajstić information content (AvgIpc) is 2.22. The lowest BCUT2D eigenvalue weighted by Gasteiger charge is -2.09. The summed E-state index contributed by atoms with van der Waals surface area (Å²) in [6.07, 6.45) is 15.6. The Balaban J connectivity index is 2.29. The molecule has 0 saturated heterocycles. The van der Waals surface area contributed by atoms with Crippen molar-refractivity contribution in [1.82, 2.24) is 0 Å². The second-order valence-electron chi connectivity index (χ2n) is 3.90. The van der Waals surface area contributed by atoms with Crippen molar-refractivity contribution in [2.75, 3.05) is 7.11 Å². The highest BCUT2D eigenvalue weighted by Crippen LogP contribution is 2.14. The number of rotatable bonds is 1. The summed E-state index contributed by atoms with van der Waals surface area (Å²) >= 11 is 0.